The quantitative estimate of drug-likeness (QED) is 0.384. The Morgan fingerprint density at radius 3 is 2.67 bits per heavy atom. The molecule has 2 aromatic heterocycles. The molecule has 1 N–H and O–H groups in total. The van der Waals surface area contributed by atoms with Gasteiger partial charge in [0.25, 0.3) is 0 Å². The number of aromatic nitrogens is 2. The summed E-state index contributed by atoms with van der Waals surface area (Å²) in [6, 6.07) is 15.3. The molecule has 7 rings (SSSR count). The van der Waals surface area contributed by atoms with Gasteiger partial charge >= 0.3 is 0 Å². The number of fused-ring (bicyclic) bond motifs is 2. The van der Waals surface area contributed by atoms with Gasteiger partial charge in [-0.2, -0.15) is 0 Å². The van der Waals surface area contributed by atoms with Crippen LogP contribution in [0.25, 0.3) is 27.9 Å². The van der Waals surface area contributed by atoms with Crippen LogP contribution >= 0.6 is 0 Å². The van der Waals surface area contributed by atoms with Crippen LogP contribution < -0.4 is 10.2 Å². The van der Waals surface area contributed by atoms with Crippen LogP contribution in [0, 0.1) is 0 Å². The molecular weight excluding hydrogens is 496 g/mol. The molecule has 3 aromatic rings. The fourth-order valence-electron chi connectivity index (χ4n) is 6.82. The predicted molar refractivity (Wildman–Crippen MR) is 160 cm³/mol. The van der Waals surface area contributed by atoms with Crippen molar-refractivity contribution < 1.29 is 4.74 Å². The Morgan fingerprint density at radius 2 is 1.82 bits per heavy atom. The van der Waals surface area contributed by atoms with E-state index in [1.807, 2.05) is 24.4 Å². The lowest BCUT2D eigenvalue weighted by molar-refractivity contribution is 0.0901. The van der Waals surface area contributed by atoms with Gasteiger partial charge in [-0.1, -0.05) is 18.6 Å². The SMILES string of the molecule is C1=C(c2cc(-c3ccccn3)nc3cc(OCCCN4CCC(N5CCCCC5)CC4)ccc23)C2=CCCN2N1. The number of rotatable bonds is 8. The van der Waals surface area contributed by atoms with Crippen molar-refractivity contribution in [2.45, 2.75) is 51.0 Å². The Morgan fingerprint density at radius 1 is 0.925 bits per heavy atom. The van der Waals surface area contributed by atoms with Crippen LogP contribution in [0.5, 0.6) is 5.75 Å². The van der Waals surface area contributed by atoms with Gasteiger partial charge in [0.1, 0.15) is 5.75 Å². The number of benzene rings is 1. The van der Waals surface area contributed by atoms with Crippen molar-refractivity contribution in [2.24, 2.45) is 0 Å². The minimum absolute atomic E-state index is 0.723. The van der Waals surface area contributed by atoms with Crippen LogP contribution in [0.4, 0.5) is 0 Å². The maximum Gasteiger partial charge on any atom is 0.121 e. The van der Waals surface area contributed by atoms with E-state index in [2.05, 4.69) is 61.8 Å². The van der Waals surface area contributed by atoms with Crippen LogP contribution in [-0.2, 0) is 0 Å². The van der Waals surface area contributed by atoms with Crippen molar-refractivity contribution in [3.05, 3.63) is 72.2 Å². The number of allylic oxidation sites excluding steroid dienone is 1. The van der Waals surface area contributed by atoms with Crippen LogP contribution in [0.1, 0.15) is 50.5 Å². The number of nitrogens with zero attached hydrogens (tertiary/aromatic N) is 5. The molecule has 0 bridgehead atoms. The first-order chi connectivity index (χ1) is 19.8. The van der Waals surface area contributed by atoms with E-state index in [1.54, 1.807) is 0 Å². The normalized spacial score (nSPS) is 20.4. The summed E-state index contributed by atoms with van der Waals surface area (Å²) < 4.78 is 6.26. The van der Waals surface area contributed by atoms with E-state index in [0.717, 1.165) is 66.6 Å². The average molecular weight is 537 g/mol. The summed E-state index contributed by atoms with van der Waals surface area (Å²) in [6.45, 7) is 7.90. The highest BCUT2D eigenvalue weighted by molar-refractivity contribution is 5.98. The van der Waals surface area contributed by atoms with E-state index in [1.165, 1.54) is 75.1 Å². The molecule has 7 nitrogen and oxygen atoms in total. The highest BCUT2D eigenvalue weighted by atomic mass is 16.5. The molecule has 0 spiro atoms. The number of piperidine rings is 2. The summed E-state index contributed by atoms with van der Waals surface area (Å²) in [4.78, 5) is 15.0. The molecule has 7 heteroatoms. The zero-order valence-corrected chi connectivity index (χ0v) is 23.4. The second-order valence-corrected chi connectivity index (χ2v) is 11.5. The Labute approximate surface area is 237 Å². The molecular formula is C33H40N6O. The first-order valence-corrected chi connectivity index (χ1v) is 15.2. The molecule has 0 aliphatic carbocycles. The molecule has 40 heavy (non-hydrogen) atoms. The van der Waals surface area contributed by atoms with Crippen molar-refractivity contribution in [1.29, 1.82) is 0 Å². The number of hydrogen-bond donors (Lipinski definition) is 1. The molecule has 2 saturated heterocycles. The van der Waals surface area contributed by atoms with Crippen LogP contribution in [-0.4, -0.2) is 76.7 Å². The van der Waals surface area contributed by atoms with Gasteiger partial charge in [-0.15, -0.1) is 0 Å². The van der Waals surface area contributed by atoms with Crippen molar-refractivity contribution >= 4 is 16.5 Å². The van der Waals surface area contributed by atoms with Gasteiger partial charge in [0.05, 0.1) is 29.2 Å². The van der Waals surface area contributed by atoms with Gasteiger partial charge in [-0.3, -0.25) is 9.99 Å². The van der Waals surface area contributed by atoms with Crippen molar-refractivity contribution in [3.63, 3.8) is 0 Å². The maximum atomic E-state index is 6.26. The van der Waals surface area contributed by atoms with Gasteiger partial charge < -0.3 is 20.0 Å². The minimum Gasteiger partial charge on any atom is -0.493 e. The summed E-state index contributed by atoms with van der Waals surface area (Å²) in [5.74, 6) is 0.883. The Bertz CT molecular complexity index is 1390. The van der Waals surface area contributed by atoms with Crippen molar-refractivity contribution in [1.82, 2.24) is 30.2 Å². The van der Waals surface area contributed by atoms with Crippen molar-refractivity contribution in [3.8, 4) is 17.1 Å². The molecule has 208 valence electrons. The maximum absolute atomic E-state index is 6.26. The first kappa shape index (κ1) is 25.5. The van der Waals surface area contributed by atoms with E-state index in [4.69, 9.17) is 9.72 Å². The molecule has 0 saturated carbocycles. The molecule has 0 amide bonds. The van der Waals surface area contributed by atoms with Gasteiger partial charge in [-0.05, 0) is 101 Å². The van der Waals surface area contributed by atoms with E-state index < -0.39 is 0 Å². The van der Waals surface area contributed by atoms with Crippen LogP contribution in [0.2, 0.25) is 0 Å². The Balaban J connectivity index is 1.02. The zero-order chi connectivity index (χ0) is 26.7. The molecule has 0 radical (unpaired) electrons. The van der Waals surface area contributed by atoms with Crippen LogP contribution in [0.15, 0.2) is 66.6 Å². The third-order valence-corrected chi connectivity index (χ3v) is 8.97. The van der Waals surface area contributed by atoms with E-state index in [-0.39, 0.29) is 0 Å². The number of hydrogen-bond acceptors (Lipinski definition) is 7. The summed E-state index contributed by atoms with van der Waals surface area (Å²) in [5.41, 5.74) is 9.75. The Kier molecular flexibility index (Phi) is 7.40. The topological polar surface area (TPSA) is 56.8 Å². The smallest absolute Gasteiger partial charge is 0.121 e. The van der Waals surface area contributed by atoms with Gasteiger partial charge in [0.15, 0.2) is 0 Å². The van der Waals surface area contributed by atoms with Crippen molar-refractivity contribution in [2.75, 3.05) is 45.9 Å². The molecule has 2 fully saturated rings. The lowest BCUT2D eigenvalue weighted by atomic mass is 9.98. The fraction of sp³-hybridized carbons (Fsp3) is 0.455. The van der Waals surface area contributed by atoms with Crippen LogP contribution in [0.3, 0.4) is 0 Å². The average Bonchev–Trinajstić information content (AvgIpc) is 3.65. The lowest BCUT2D eigenvalue weighted by Crippen LogP contribution is -2.46. The molecule has 0 atom stereocenters. The van der Waals surface area contributed by atoms with E-state index in [9.17, 15) is 0 Å². The monoisotopic (exact) mass is 536 g/mol. The number of hydrazine groups is 1. The number of nitrogens with one attached hydrogen (secondary N) is 1. The molecule has 0 unspecified atom stereocenters. The summed E-state index contributed by atoms with van der Waals surface area (Å²) in [7, 11) is 0. The summed E-state index contributed by atoms with van der Waals surface area (Å²) in [6.07, 6.45) is 15.2. The molecule has 6 heterocycles. The molecule has 1 aromatic carbocycles. The highest BCUT2D eigenvalue weighted by Crippen LogP contribution is 2.38. The fourth-order valence-corrected chi connectivity index (χ4v) is 6.82. The zero-order valence-electron chi connectivity index (χ0n) is 23.4. The second-order valence-electron chi connectivity index (χ2n) is 11.5. The third kappa shape index (κ3) is 5.32. The largest absolute Gasteiger partial charge is 0.493 e. The highest BCUT2D eigenvalue weighted by Gasteiger charge is 2.27. The lowest BCUT2D eigenvalue weighted by Gasteiger charge is -2.40. The third-order valence-electron chi connectivity index (χ3n) is 8.97. The van der Waals surface area contributed by atoms with Gasteiger partial charge in [0.2, 0.25) is 0 Å². The van der Waals surface area contributed by atoms with Gasteiger partial charge in [-0.25, -0.2) is 4.98 Å². The van der Waals surface area contributed by atoms with E-state index in [0.29, 0.717) is 0 Å². The second kappa shape index (κ2) is 11.6. The number of ether oxygens (including phenoxy) is 1. The van der Waals surface area contributed by atoms with Gasteiger partial charge in [0, 0.05) is 48.6 Å². The molecule has 4 aliphatic rings. The Hall–Kier alpha value is -3.42. The standard InChI is InChI=1S/C33H40N6O/c1-4-16-38(17-5-1)25-12-19-37(20-13-25)15-7-21-40-26-10-11-27-28(29-24-35-39-18-6-9-33(29)39)23-32(36-31(27)22-26)30-8-2-3-14-34-30/h2-3,8-11,14,22-25,35H,1,4-7,12-13,15-21H2. The molecule has 4 aliphatic heterocycles. The summed E-state index contributed by atoms with van der Waals surface area (Å²) >= 11 is 0. The summed E-state index contributed by atoms with van der Waals surface area (Å²) in [5, 5.41) is 3.35. The first-order valence-electron chi connectivity index (χ1n) is 15.2. The number of likely N-dealkylation sites (tertiary alicyclic amines) is 2. The van der Waals surface area contributed by atoms with E-state index >= 15 is 0 Å². The minimum atomic E-state index is 0.723. The number of pyridine rings is 2. The predicted octanol–water partition coefficient (Wildman–Crippen LogP) is 5.46.